The topological polar surface area (TPSA) is 104 Å². The molecule has 3 aromatic carbocycles. The van der Waals surface area contributed by atoms with E-state index >= 15 is 0 Å². The summed E-state index contributed by atoms with van der Waals surface area (Å²) < 4.78 is 26.8. The fourth-order valence-electron chi connectivity index (χ4n) is 4.32. The summed E-state index contributed by atoms with van der Waals surface area (Å²) in [5.74, 6) is -1.83. The van der Waals surface area contributed by atoms with Gasteiger partial charge in [0.2, 0.25) is 11.8 Å². The molecule has 0 bridgehead atoms. The Bertz CT molecular complexity index is 1440. The van der Waals surface area contributed by atoms with Crippen LogP contribution in [-0.2, 0) is 32.6 Å². The summed E-state index contributed by atoms with van der Waals surface area (Å²) in [6, 6.07) is 20.7. The average molecular weight is 554 g/mol. The number of fused-ring (bicyclic) bond motifs is 1. The summed E-state index contributed by atoms with van der Waals surface area (Å²) in [6.07, 6.45) is 0.194. The van der Waals surface area contributed by atoms with Crippen molar-refractivity contribution in [3.63, 3.8) is 0 Å². The predicted octanol–water partition coefficient (Wildman–Crippen LogP) is 3.65. The van der Waals surface area contributed by atoms with Crippen molar-refractivity contribution in [1.82, 2.24) is 14.5 Å². The molecule has 0 radical (unpaired) electrons. The van der Waals surface area contributed by atoms with Crippen LogP contribution in [0.4, 0.5) is 0 Å². The number of sulfonamides is 1. The molecule has 1 N–H and O–H groups in total. The predicted molar refractivity (Wildman–Crippen MR) is 144 cm³/mol. The molecule has 10 heteroatoms. The molecule has 0 saturated carbocycles. The van der Waals surface area contributed by atoms with Crippen LogP contribution in [0.3, 0.4) is 0 Å². The van der Waals surface area contributed by atoms with Gasteiger partial charge in [0.05, 0.1) is 5.56 Å². The molecule has 1 aliphatic heterocycles. The van der Waals surface area contributed by atoms with Gasteiger partial charge in [0.25, 0.3) is 15.9 Å². The Labute approximate surface area is 227 Å². The molecule has 0 fully saturated rings. The van der Waals surface area contributed by atoms with Crippen LogP contribution < -0.4 is 5.32 Å². The van der Waals surface area contributed by atoms with E-state index in [0.29, 0.717) is 14.9 Å². The number of nitrogens with one attached hydrogen (secondary N) is 1. The molecule has 0 saturated heterocycles. The third-order valence-corrected chi connectivity index (χ3v) is 8.20. The normalized spacial score (nSPS) is 14.7. The summed E-state index contributed by atoms with van der Waals surface area (Å²) in [5, 5.41) is 3.38. The van der Waals surface area contributed by atoms with E-state index in [1.54, 1.807) is 30.3 Å². The van der Waals surface area contributed by atoms with Crippen LogP contribution >= 0.6 is 11.6 Å². The van der Waals surface area contributed by atoms with Crippen molar-refractivity contribution in [2.45, 2.75) is 43.8 Å². The molecule has 38 heavy (non-hydrogen) atoms. The van der Waals surface area contributed by atoms with E-state index in [4.69, 9.17) is 11.6 Å². The second-order valence-corrected chi connectivity index (χ2v) is 11.6. The van der Waals surface area contributed by atoms with Crippen molar-refractivity contribution in [2.24, 2.45) is 0 Å². The summed E-state index contributed by atoms with van der Waals surface area (Å²) in [6.45, 7) is 2.91. The lowest BCUT2D eigenvalue weighted by Gasteiger charge is -2.33. The number of nitrogens with zero attached hydrogens (tertiary/aromatic N) is 2. The standard InChI is InChI=1S/C28H28ClN3O5S/c1-19(2)30-27(34)24(16-20-8-4-3-5-9-20)31(17-21-12-14-22(29)15-13-21)26(33)18-32-28(35)23-10-6-7-11-25(23)38(32,36)37/h3-15,19,24H,16-18H2,1-2H3,(H,30,34)/t24-/m0/s1. The molecule has 3 amide bonds. The number of rotatable bonds is 9. The molecule has 0 unspecified atom stereocenters. The highest BCUT2D eigenvalue weighted by Gasteiger charge is 2.43. The lowest BCUT2D eigenvalue weighted by atomic mass is 10.0. The van der Waals surface area contributed by atoms with Crippen LogP contribution in [0.1, 0.15) is 35.3 Å². The summed E-state index contributed by atoms with van der Waals surface area (Å²) in [7, 11) is -4.21. The SMILES string of the molecule is CC(C)NC(=O)[C@H](Cc1ccccc1)N(Cc1ccc(Cl)cc1)C(=O)CN1C(=O)c2ccccc2S1(=O)=O. The molecule has 1 heterocycles. The maximum Gasteiger partial charge on any atom is 0.269 e. The average Bonchev–Trinajstić information content (AvgIpc) is 3.08. The van der Waals surface area contributed by atoms with E-state index in [1.807, 2.05) is 44.2 Å². The quantitative estimate of drug-likeness (QED) is 0.435. The van der Waals surface area contributed by atoms with Crippen molar-refractivity contribution < 1.29 is 22.8 Å². The second kappa shape index (κ2) is 11.4. The molecule has 0 aromatic heterocycles. The van der Waals surface area contributed by atoms with Crippen molar-refractivity contribution >= 4 is 39.3 Å². The Hall–Kier alpha value is -3.69. The summed E-state index contributed by atoms with van der Waals surface area (Å²) in [5.41, 5.74) is 1.53. The van der Waals surface area contributed by atoms with E-state index in [9.17, 15) is 22.8 Å². The number of amides is 3. The van der Waals surface area contributed by atoms with Crippen molar-refractivity contribution in [3.8, 4) is 0 Å². The van der Waals surface area contributed by atoms with E-state index in [2.05, 4.69) is 5.32 Å². The van der Waals surface area contributed by atoms with Gasteiger partial charge in [-0.3, -0.25) is 14.4 Å². The second-order valence-electron chi connectivity index (χ2n) is 9.33. The van der Waals surface area contributed by atoms with E-state index in [0.717, 1.165) is 5.56 Å². The Morgan fingerprint density at radius 2 is 1.55 bits per heavy atom. The molecule has 1 aliphatic rings. The largest absolute Gasteiger partial charge is 0.352 e. The smallest absolute Gasteiger partial charge is 0.269 e. The summed E-state index contributed by atoms with van der Waals surface area (Å²) in [4.78, 5) is 41.5. The number of carbonyl (C=O) groups excluding carboxylic acids is 3. The maximum absolute atomic E-state index is 13.8. The van der Waals surface area contributed by atoms with Crippen LogP contribution in [0.25, 0.3) is 0 Å². The van der Waals surface area contributed by atoms with Crippen molar-refractivity contribution in [3.05, 3.63) is 101 Å². The minimum Gasteiger partial charge on any atom is -0.352 e. The number of carbonyl (C=O) groups is 3. The van der Waals surface area contributed by atoms with Gasteiger partial charge < -0.3 is 10.2 Å². The van der Waals surface area contributed by atoms with Gasteiger partial charge in [-0.25, -0.2) is 12.7 Å². The number of hydrogen-bond donors (Lipinski definition) is 1. The van der Waals surface area contributed by atoms with Crippen molar-refractivity contribution in [2.75, 3.05) is 6.54 Å². The Balaban J connectivity index is 1.71. The van der Waals surface area contributed by atoms with Gasteiger partial charge >= 0.3 is 0 Å². The Morgan fingerprint density at radius 3 is 2.18 bits per heavy atom. The van der Waals surface area contributed by atoms with E-state index < -0.39 is 34.4 Å². The fraction of sp³-hybridized carbons (Fsp3) is 0.250. The molecular weight excluding hydrogens is 526 g/mol. The third kappa shape index (κ3) is 5.89. The van der Waals surface area contributed by atoms with Crippen LogP contribution in [0.15, 0.2) is 83.8 Å². The zero-order valence-electron chi connectivity index (χ0n) is 21.0. The molecule has 4 rings (SSSR count). The zero-order valence-corrected chi connectivity index (χ0v) is 22.6. The minimum absolute atomic E-state index is 0.00798. The monoisotopic (exact) mass is 553 g/mol. The molecule has 198 valence electrons. The summed E-state index contributed by atoms with van der Waals surface area (Å²) >= 11 is 6.04. The van der Waals surface area contributed by atoms with Gasteiger partial charge in [-0.1, -0.05) is 66.2 Å². The van der Waals surface area contributed by atoms with Gasteiger partial charge in [0.15, 0.2) is 0 Å². The molecule has 1 atom stereocenters. The van der Waals surface area contributed by atoms with Gasteiger partial charge in [0, 0.05) is 24.0 Å². The Kier molecular flexibility index (Phi) is 8.18. The van der Waals surface area contributed by atoms with Crippen LogP contribution in [-0.4, -0.2) is 54.0 Å². The minimum atomic E-state index is -4.21. The maximum atomic E-state index is 13.8. The molecule has 3 aromatic rings. The van der Waals surface area contributed by atoms with Crippen LogP contribution in [0.2, 0.25) is 5.02 Å². The van der Waals surface area contributed by atoms with Crippen LogP contribution in [0, 0.1) is 0 Å². The highest BCUT2D eigenvalue weighted by Crippen LogP contribution is 2.30. The fourth-order valence-corrected chi connectivity index (χ4v) is 5.97. The Morgan fingerprint density at radius 1 is 0.921 bits per heavy atom. The molecule has 0 spiro atoms. The van der Waals surface area contributed by atoms with Crippen LogP contribution in [0.5, 0.6) is 0 Å². The van der Waals surface area contributed by atoms with Crippen molar-refractivity contribution in [1.29, 1.82) is 0 Å². The lowest BCUT2D eigenvalue weighted by molar-refractivity contribution is -0.141. The first-order valence-electron chi connectivity index (χ1n) is 12.1. The number of halogens is 1. The lowest BCUT2D eigenvalue weighted by Crippen LogP contribution is -2.54. The van der Waals surface area contributed by atoms with E-state index in [-0.39, 0.29) is 35.4 Å². The first-order chi connectivity index (χ1) is 18.1. The third-order valence-electron chi connectivity index (χ3n) is 6.16. The van der Waals surface area contributed by atoms with E-state index in [1.165, 1.54) is 23.1 Å². The van der Waals surface area contributed by atoms with Gasteiger partial charge in [-0.2, -0.15) is 0 Å². The molecular formula is C28H28ClN3O5S. The van der Waals surface area contributed by atoms with Gasteiger partial charge in [0.1, 0.15) is 17.5 Å². The highest BCUT2D eigenvalue weighted by atomic mass is 35.5. The molecule has 8 nitrogen and oxygen atoms in total. The highest BCUT2D eigenvalue weighted by molar-refractivity contribution is 7.90. The number of hydrogen-bond acceptors (Lipinski definition) is 5. The first-order valence-corrected chi connectivity index (χ1v) is 13.9. The van der Waals surface area contributed by atoms with Gasteiger partial charge in [-0.15, -0.1) is 0 Å². The number of benzene rings is 3. The van der Waals surface area contributed by atoms with Gasteiger partial charge in [-0.05, 0) is 49.2 Å². The zero-order chi connectivity index (χ0) is 27.4. The first kappa shape index (κ1) is 27.3. The molecule has 0 aliphatic carbocycles.